The Morgan fingerprint density at radius 1 is 1.29 bits per heavy atom. The Morgan fingerprint density at radius 2 is 2.05 bits per heavy atom. The van der Waals surface area contributed by atoms with E-state index in [0.717, 1.165) is 5.56 Å². The number of benzene rings is 1. The van der Waals surface area contributed by atoms with Crippen LogP contribution in [-0.4, -0.2) is 53.6 Å². The number of rotatable bonds is 1. The molecule has 1 saturated heterocycles. The van der Waals surface area contributed by atoms with E-state index < -0.39 is 18.0 Å². The van der Waals surface area contributed by atoms with Crippen LogP contribution >= 0.6 is 0 Å². The van der Waals surface area contributed by atoms with Crippen LogP contribution in [0.1, 0.15) is 5.56 Å². The third-order valence-corrected chi connectivity index (χ3v) is 3.78. The molecule has 2 aliphatic rings. The second kappa shape index (κ2) is 5.08. The van der Waals surface area contributed by atoms with Crippen molar-refractivity contribution in [2.45, 2.75) is 12.5 Å². The lowest BCUT2D eigenvalue weighted by Crippen LogP contribution is -2.56. The van der Waals surface area contributed by atoms with Gasteiger partial charge in [-0.3, -0.25) is 9.69 Å². The molecular weight excluding hydrogens is 274 g/mol. The number of hydrogen-bond acceptors (Lipinski definition) is 3. The van der Waals surface area contributed by atoms with Crippen molar-refractivity contribution in [3.05, 3.63) is 29.8 Å². The van der Waals surface area contributed by atoms with Crippen molar-refractivity contribution >= 4 is 23.6 Å². The summed E-state index contributed by atoms with van der Waals surface area (Å²) in [6.45, 7) is 0.733. The minimum absolute atomic E-state index is 0.0379. The highest BCUT2D eigenvalue weighted by Gasteiger charge is 2.40. The van der Waals surface area contributed by atoms with Gasteiger partial charge in [-0.15, -0.1) is 0 Å². The summed E-state index contributed by atoms with van der Waals surface area (Å²) in [5, 5.41) is 12.0. The number of carbonyl (C=O) groups is 3. The zero-order chi connectivity index (χ0) is 15.0. The van der Waals surface area contributed by atoms with Crippen LogP contribution in [0.2, 0.25) is 0 Å². The van der Waals surface area contributed by atoms with Gasteiger partial charge in [0.15, 0.2) is 0 Å². The van der Waals surface area contributed by atoms with Crippen LogP contribution in [0.5, 0.6) is 0 Å². The summed E-state index contributed by atoms with van der Waals surface area (Å²) in [5.74, 6) is -1.27. The van der Waals surface area contributed by atoms with Crippen molar-refractivity contribution in [1.29, 1.82) is 0 Å². The number of carboxylic acid groups (broad SMARTS) is 1. The van der Waals surface area contributed by atoms with Gasteiger partial charge in [0.25, 0.3) is 0 Å². The molecule has 1 atom stereocenters. The molecule has 7 nitrogen and oxygen atoms in total. The van der Waals surface area contributed by atoms with Crippen molar-refractivity contribution < 1.29 is 19.5 Å². The topological polar surface area (TPSA) is 90.0 Å². The molecule has 7 heteroatoms. The van der Waals surface area contributed by atoms with Crippen molar-refractivity contribution in [1.82, 2.24) is 10.2 Å². The Kier molecular flexibility index (Phi) is 3.25. The zero-order valence-corrected chi connectivity index (χ0v) is 11.3. The lowest BCUT2D eigenvalue weighted by molar-refractivity contribution is -0.138. The average Bonchev–Trinajstić information content (AvgIpc) is 2.86. The van der Waals surface area contributed by atoms with Gasteiger partial charge in [0, 0.05) is 25.2 Å². The predicted molar refractivity (Wildman–Crippen MR) is 74.0 cm³/mol. The fourth-order valence-corrected chi connectivity index (χ4v) is 2.77. The van der Waals surface area contributed by atoms with Crippen LogP contribution in [0.15, 0.2) is 24.3 Å². The molecule has 1 aromatic carbocycles. The smallest absolute Gasteiger partial charge is 0.327 e. The van der Waals surface area contributed by atoms with Gasteiger partial charge < -0.3 is 15.3 Å². The first-order valence-electron chi connectivity index (χ1n) is 6.73. The third kappa shape index (κ3) is 2.31. The van der Waals surface area contributed by atoms with E-state index in [1.165, 1.54) is 9.80 Å². The van der Waals surface area contributed by atoms with E-state index in [9.17, 15) is 19.5 Å². The fourth-order valence-electron chi connectivity index (χ4n) is 2.77. The molecule has 2 aliphatic heterocycles. The molecule has 1 unspecified atom stereocenters. The number of piperazine rings is 1. The molecule has 0 aromatic heterocycles. The first-order chi connectivity index (χ1) is 10.1. The standard InChI is InChI=1S/C14H15N3O4/c18-12-8-16(6-5-15-12)14(21)17-10-4-2-1-3-9(10)7-11(17)13(19)20/h1-4,11H,5-8H2,(H,15,18)(H,19,20). The molecule has 1 fully saturated rings. The van der Waals surface area contributed by atoms with Gasteiger partial charge in [-0.1, -0.05) is 18.2 Å². The molecule has 0 radical (unpaired) electrons. The number of fused-ring (bicyclic) bond motifs is 1. The summed E-state index contributed by atoms with van der Waals surface area (Å²) in [6, 6.07) is 5.80. The number of hydrogen-bond donors (Lipinski definition) is 2. The number of amides is 3. The van der Waals surface area contributed by atoms with Crippen LogP contribution in [0.3, 0.4) is 0 Å². The summed E-state index contributed by atoms with van der Waals surface area (Å²) in [4.78, 5) is 38.2. The molecular formula is C14H15N3O4. The van der Waals surface area contributed by atoms with Gasteiger partial charge >= 0.3 is 12.0 Å². The maximum atomic E-state index is 12.6. The summed E-state index contributed by atoms with van der Waals surface area (Å²) in [6.07, 6.45) is 0.289. The molecule has 2 heterocycles. The Bertz CT molecular complexity index is 616. The highest BCUT2D eigenvalue weighted by molar-refractivity contribution is 6.02. The molecule has 2 N–H and O–H groups in total. The van der Waals surface area contributed by atoms with E-state index in [1.54, 1.807) is 12.1 Å². The number of anilines is 1. The Balaban J connectivity index is 1.92. The number of nitrogens with zero attached hydrogens (tertiary/aromatic N) is 2. The molecule has 110 valence electrons. The van der Waals surface area contributed by atoms with Gasteiger partial charge in [-0.25, -0.2) is 9.59 Å². The van der Waals surface area contributed by atoms with Crippen molar-refractivity contribution in [2.24, 2.45) is 0 Å². The summed E-state index contributed by atoms with van der Waals surface area (Å²) in [5.41, 5.74) is 1.44. The first kappa shape index (κ1) is 13.4. The number of carboxylic acids is 1. The quantitative estimate of drug-likeness (QED) is 0.764. The number of urea groups is 1. The van der Waals surface area contributed by atoms with Crippen molar-refractivity contribution in [3.63, 3.8) is 0 Å². The molecule has 3 amide bonds. The second-order valence-electron chi connectivity index (χ2n) is 5.11. The largest absolute Gasteiger partial charge is 0.480 e. The highest BCUT2D eigenvalue weighted by atomic mass is 16.4. The van der Waals surface area contributed by atoms with Gasteiger partial charge in [-0.2, -0.15) is 0 Å². The van der Waals surface area contributed by atoms with Gasteiger partial charge in [0.1, 0.15) is 12.6 Å². The van der Waals surface area contributed by atoms with E-state index >= 15 is 0 Å². The molecule has 1 aromatic rings. The average molecular weight is 289 g/mol. The monoisotopic (exact) mass is 289 g/mol. The SMILES string of the molecule is O=C1CN(C(=O)N2c3ccccc3CC2C(=O)O)CCN1. The minimum Gasteiger partial charge on any atom is -0.480 e. The maximum absolute atomic E-state index is 12.6. The summed E-state index contributed by atoms with van der Waals surface area (Å²) < 4.78 is 0. The number of aliphatic carboxylic acids is 1. The lowest BCUT2D eigenvalue weighted by Gasteiger charge is -2.32. The first-order valence-corrected chi connectivity index (χ1v) is 6.73. The van der Waals surface area contributed by atoms with Gasteiger partial charge in [-0.05, 0) is 11.6 Å². The van der Waals surface area contributed by atoms with E-state index in [0.29, 0.717) is 18.8 Å². The normalized spacial score (nSPS) is 21.0. The lowest BCUT2D eigenvalue weighted by atomic mass is 10.1. The van der Waals surface area contributed by atoms with Crippen LogP contribution in [0.4, 0.5) is 10.5 Å². The molecule has 0 saturated carbocycles. The van der Waals surface area contributed by atoms with Crippen LogP contribution in [-0.2, 0) is 16.0 Å². The van der Waals surface area contributed by atoms with Gasteiger partial charge in [0.05, 0.1) is 0 Å². The molecule has 0 spiro atoms. The Hall–Kier alpha value is -2.57. The molecule has 0 aliphatic carbocycles. The Labute approximate surface area is 121 Å². The zero-order valence-electron chi connectivity index (χ0n) is 11.3. The maximum Gasteiger partial charge on any atom is 0.327 e. The molecule has 3 rings (SSSR count). The van der Waals surface area contributed by atoms with Crippen LogP contribution in [0.25, 0.3) is 0 Å². The van der Waals surface area contributed by atoms with E-state index in [4.69, 9.17) is 0 Å². The highest BCUT2D eigenvalue weighted by Crippen LogP contribution is 2.33. The second-order valence-corrected chi connectivity index (χ2v) is 5.11. The summed E-state index contributed by atoms with van der Waals surface area (Å²) >= 11 is 0. The number of carbonyl (C=O) groups excluding carboxylic acids is 2. The molecule has 0 bridgehead atoms. The van der Waals surface area contributed by atoms with Gasteiger partial charge in [0.2, 0.25) is 5.91 Å². The third-order valence-electron chi connectivity index (χ3n) is 3.78. The van der Waals surface area contributed by atoms with Crippen LogP contribution < -0.4 is 10.2 Å². The minimum atomic E-state index is -1.04. The molecule has 21 heavy (non-hydrogen) atoms. The number of nitrogens with one attached hydrogen (secondary N) is 1. The van der Waals surface area contributed by atoms with E-state index in [-0.39, 0.29) is 18.9 Å². The summed E-state index contributed by atoms with van der Waals surface area (Å²) in [7, 11) is 0. The number of para-hydroxylation sites is 1. The van der Waals surface area contributed by atoms with E-state index in [2.05, 4.69) is 5.32 Å². The Morgan fingerprint density at radius 3 is 2.76 bits per heavy atom. The van der Waals surface area contributed by atoms with E-state index in [1.807, 2.05) is 12.1 Å². The van der Waals surface area contributed by atoms with Crippen LogP contribution in [0, 0.1) is 0 Å². The van der Waals surface area contributed by atoms with Crippen molar-refractivity contribution in [2.75, 3.05) is 24.5 Å². The predicted octanol–water partition coefficient (Wildman–Crippen LogP) is 0.0541. The van der Waals surface area contributed by atoms with Crippen molar-refractivity contribution in [3.8, 4) is 0 Å². The fraction of sp³-hybridized carbons (Fsp3) is 0.357.